The van der Waals surface area contributed by atoms with Gasteiger partial charge in [0, 0.05) is 12.3 Å². The summed E-state index contributed by atoms with van der Waals surface area (Å²) in [5, 5.41) is -2.73. The van der Waals surface area contributed by atoms with Gasteiger partial charge < -0.3 is 4.74 Å². The van der Waals surface area contributed by atoms with E-state index in [1.165, 1.54) is 0 Å². The van der Waals surface area contributed by atoms with Gasteiger partial charge in [0.1, 0.15) is 6.10 Å². The highest BCUT2D eigenvalue weighted by Gasteiger charge is 2.63. The maximum absolute atomic E-state index is 15.1. The van der Waals surface area contributed by atoms with Gasteiger partial charge in [0.2, 0.25) is 0 Å². The fourth-order valence-electron chi connectivity index (χ4n) is 2.49. The zero-order valence-corrected chi connectivity index (χ0v) is 14.3. The molecule has 1 aromatic heterocycles. The molecule has 3 rings (SSSR count). The Morgan fingerprint density at radius 2 is 2.25 bits per heavy atom. The molecule has 134 valence electrons. The van der Waals surface area contributed by atoms with E-state index < -0.39 is 48.7 Å². The zero-order chi connectivity index (χ0) is 17.7. The summed E-state index contributed by atoms with van der Waals surface area (Å²) in [5.74, 6) is 0. The molecule has 2 saturated heterocycles. The van der Waals surface area contributed by atoms with Crippen LogP contribution < -0.4 is 11.2 Å². The second-order valence-corrected chi connectivity index (χ2v) is 7.80. The summed E-state index contributed by atoms with van der Waals surface area (Å²) < 4.78 is 48.9. The number of fused-ring (bicyclic) bond motifs is 1. The number of hydrogen-bond acceptors (Lipinski definition) is 7. The molecule has 3 heterocycles. The van der Waals surface area contributed by atoms with E-state index in [1.807, 2.05) is 4.98 Å². The number of nitrogens with one attached hydrogen (secondary N) is 1. The average Bonchev–Trinajstić information content (AvgIpc) is 2.69. The normalized spacial score (nSPS) is 39.1. The number of phosphoric acid groups is 1. The first-order valence-corrected chi connectivity index (χ1v) is 8.92. The molecule has 2 fully saturated rings. The molecule has 0 aromatic carbocycles. The van der Waals surface area contributed by atoms with Gasteiger partial charge in [-0.1, -0.05) is 11.6 Å². The standard InChI is InChI=1S/C12H15ClFN2O7P/c1-6(2)22-24(19)20-5-7-9(23-24)12(13,14)10(21-7)16-4-3-8(17)15-11(16)18/h3-4,6-7,9-10H,5H2,1-2H3,(H,15,17,18)/t7-,9-,10-,12+,24?/m1/s1. The zero-order valence-electron chi connectivity index (χ0n) is 12.7. The van der Waals surface area contributed by atoms with Crippen molar-refractivity contribution in [3.05, 3.63) is 33.1 Å². The third kappa shape index (κ3) is 3.10. The Bertz CT molecular complexity index is 794. The molecule has 1 unspecified atom stereocenters. The topological polar surface area (TPSA) is 109 Å². The summed E-state index contributed by atoms with van der Waals surface area (Å²) in [6.07, 6.45) is -3.54. The predicted molar refractivity (Wildman–Crippen MR) is 79.6 cm³/mol. The van der Waals surface area contributed by atoms with Crippen molar-refractivity contribution in [1.29, 1.82) is 0 Å². The number of aromatic amines is 1. The molecule has 0 aliphatic carbocycles. The molecular weight excluding hydrogens is 370 g/mol. The lowest BCUT2D eigenvalue weighted by atomic mass is 10.1. The first kappa shape index (κ1) is 17.8. The van der Waals surface area contributed by atoms with Gasteiger partial charge in [-0.05, 0) is 13.8 Å². The van der Waals surface area contributed by atoms with Crippen LogP contribution in [0.25, 0.3) is 0 Å². The summed E-state index contributed by atoms with van der Waals surface area (Å²) in [4.78, 5) is 24.9. The largest absolute Gasteiger partial charge is 0.475 e. The van der Waals surface area contributed by atoms with Crippen LogP contribution in [0.5, 0.6) is 0 Å². The van der Waals surface area contributed by atoms with E-state index in [0.717, 1.165) is 16.8 Å². The monoisotopic (exact) mass is 384 g/mol. The van der Waals surface area contributed by atoms with Crippen LogP contribution in [-0.4, -0.2) is 39.6 Å². The summed E-state index contributed by atoms with van der Waals surface area (Å²) in [7, 11) is -4.01. The van der Waals surface area contributed by atoms with Crippen molar-refractivity contribution in [3.8, 4) is 0 Å². The third-order valence-electron chi connectivity index (χ3n) is 3.43. The van der Waals surface area contributed by atoms with Crippen LogP contribution in [0.4, 0.5) is 4.39 Å². The molecule has 0 bridgehead atoms. The van der Waals surface area contributed by atoms with Crippen LogP contribution in [0, 0.1) is 0 Å². The minimum Gasteiger partial charge on any atom is -0.344 e. The lowest BCUT2D eigenvalue weighted by Gasteiger charge is -2.33. The first-order valence-electron chi connectivity index (χ1n) is 7.08. The van der Waals surface area contributed by atoms with Gasteiger partial charge in [-0.2, -0.15) is 0 Å². The van der Waals surface area contributed by atoms with Crippen molar-refractivity contribution in [3.63, 3.8) is 0 Å². The number of rotatable bonds is 3. The molecular formula is C12H15ClFN2O7P. The minimum absolute atomic E-state index is 0.290. The fourth-order valence-corrected chi connectivity index (χ4v) is 4.48. The number of ether oxygens (including phenoxy) is 1. The number of phosphoric ester groups is 1. The van der Waals surface area contributed by atoms with Crippen molar-refractivity contribution in [2.24, 2.45) is 0 Å². The van der Waals surface area contributed by atoms with E-state index in [9.17, 15) is 14.2 Å². The van der Waals surface area contributed by atoms with Crippen LogP contribution in [0.15, 0.2) is 21.9 Å². The Kier molecular flexibility index (Phi) is 4.48. The molecule has 5 atom stereocenters. The maximum atomic E-state index is 15.1. The average molecular weight is 385 g/mol. The van der Waals surface area contributed by atoms with Crippen molar-refractivity contribution in [2.75, 3.05) is 6.61 Å². The molecule has 2 aliphatic heterocycles. The number of aromatic nitrogens is 2. The highest BCUT2D eigenvalue weighted by Crippen LogP contribution is 2.60. The second-order valence-electron chi connectivity index (χ2n) is 5.64. The molecule has 0 radical (unpaired) electrons. The number of hydrogen-bond donors (Lipinski definition) is 1. The van der Waals surface area contributed by atoms with Crippen LogP contribution >= 0.6 is 19.4 Å². The highest BCUT2D eigenvalue weighted by molar-refractivity contribution is 7.48. The van der Waals surface area contributed by atoms with Crippen LogP contribution in [0.1, 0.15) is 20.1 Å². The molecule has 1 aromatic rings. The van der Waals surface area contributed by atoms with E-state index in [4.69, 9.17) is 29.9 Å². The van der Waals surface area contributed by atoms with Crippen molar-refractivity contribution < 1.29 is 27.3 Å². The van der Waals surface area contributed by atoms with Gasteiger partial charge in [0.25, 0.3) is 10.7 Å². The SMILES string of the molecule is CC(C)OP1(=O)OC[C@H]2O[C@@H](n3ccc(=O)[nH]c3=O)[C@](F)(Cl)[C@@H]2O1. The second kappa shape index (κ2) is 6.05. The van der Waals surface area contributed by atoms with Crippen molar-refractivity contribution >= 4 is 19.4 Å². The third-order valence-corrected chi connectivity index (χ3v) is 5.47. The van der Waals surface area contributed by atoms with Crippen LogP contribution in [-0.2, 0) is 22.9 Å². The summed E-state index contributed by atoms with van der Waals surface area (Å²) >= 11 is 5.92. The molecule has 12 heteroatoms. The smallest absolute Gasteiger partial charge is 0.344 e. The van der Waals surface area contributed by atoms with Gasteiger partial charge in [0.05, 0.1) is 12.7 Å². The Morgan fingerprint density at radius 3 is 2.88 bits per heavy atom. The predicted octanol–water partition coefficient (Wildman–Crippen LogP) is 1.29. The first-order chi connectivity index (χ1) is 11.1. The summed E-state index contributed by atoms with van der Waals surface area (Å²) in [6.45, 7) is 2.92. The molecule has 0 amide bonds. The lowest BCUT2D eigenvalue weighted by molar-refractivity contribution is -0.0749. The van der Waals surface area contributed by atoms with E-state index in [1.54, 1.807) is 13.8 Å². The van der Waals surface area contributed by atoms with Gasteiger partial charge >= 0.3 is 13.5 Å². The molecule has 2 aliphatic rings. The Labute approximate surface area is 140 Å². The van der Waals surface area contributed by atoms with Gasteiger partial charge in [-0.15, -0.1) is 0 Å². The molecule has 1 N–H and O–H groups in total. The van der Waals surface area contributed by atoms with Crippen LogP contribution in [0.3, 0.4) is 0 Å². The van der Waals surface area contributed by atoms with Crippen molar-refractivity contribution in [1.82, 2.24) is 9.55 Å². The van der Waals surface area contributed by atoms with Gasteiger partial charge in [0.15, 0.2) is 12.3 Å². The Hall–Kier alpha value is -1.03. The number of nitrogens with zero attached hydrogens (tertiary/aromatic N) is 1. The Morgan fingerprint density at radius 1 is 1.54 bits per heavy atom. The van der Waals surface area contributed by atoms with Gasteiger partial charge in [-0.3, -0.25) is 27.9 Å². The van der Waals surface area contributed by atoms with E-state index >= 15 is 4.39 Å². The fraction of sp³-hybridized carbons (Fsp3) is 0.667. The molecule has 0 saturated carbocycles. The Balaban J connectivity index is 1.91. The molecule has 0 spiro atoms. The molecule has 9 nitrogen and oxygen atoms in total. The van der Waals surface area contributed by atoms with E-state index in [0.29, 0.717) is 0 Å². The number of H-pyrrole nitrogens is 1. The van der Waals surface area contributed by atoms with Crippen molar-refractivity contribution in [2.45, 2.75) is 43.5 Å². The molecule has 24 heavy (non-hydrogen) atoms. The highest BCUT2D eigenvalue weighted by atomic mass is 35.5. The minimum atomic E-state index is -4.01. The quantitative estimate of drug-likeness (QED) is 0.617. The number of alkyl halides is 2. The van der Waals surface area contributed by atoms with E-state index in [2.05, 4.69) is 0 Å². The summed E-state index contributed by atoms with van der Waals surface area (Å²) in [5.41, 5.74) is -1.56. The van der Waals surface area contributed by atoms with Gasteiger partial charge in [-0.25, -0.2) is 13.8 Å². The van der Waals surface area contributed by atoms with E-state index in [-0.39, 0.29) is 6.61 Å². The lowest BCUT2D eigenvalue weighted by Crippen LogP contribution is -2.45. The number of halogens is 2. The maximum Gasteiger partial charge on any atom is 0.475 e. The van der Waals surface area contributed by atoms with Crippen LogP contribution in [0.2, 0.25) is 0 Å². The summed E-state index contributed by atoms with van der Waals surface area (Å²) in [6, 6.07) is 1.02.